The van der Waals surface area contributed by atoms with E-state index in [-0.39, 0.29) is 6.04 Å². The minimum absolute atomic E-state index is 0.0899. The maximum absolute atomic E-state index is 12.1. The van der Waals surface area contributed by atoms with Gasteiger partial charge in [-0.3, -0.25) is 9.67 Å². The molecule has 0 saturated heterocycles. The highest BCUT2D eigenvalue weighted by atomic mass is 31.2. The van der Waals surface area contributed by atoms with Crippen LogP contribution in [0.5, 0.6) is 0 Å². The molecule has 0 aliphatic carbocycles. The predicted molar refractivity (Wildman–Crippen MR) is 119 cm³/mol. The van der Waals surface area contributed by atoms with Crippen LogP contribution >= 0.6 is 7.14 Å². The Morgan fingerprint density at radius 2 is 2.00 bits per heavy atom. The summed E-state index contributed by atoms with van der Waals surface area (Å²) in [5, 5.41) is 13.9. The molecule has 0 N–H and O–H groups in total. The van der Waals surface area contributed by atoms with Crippen molar-refractivity contribution in [2.45, 2.75) is 19.3 Å². The van der Waals surface area contributed by atoms with Crippen molar-refractivity contribution >= 4 is 29.3 Å². The number of aromatic nitrogens is 8. The van der Waals surface area contributed by atoms with Gasteiger partial charge < -0.3 is 4.57 Å². The van der Waals surface area contributed by atoms with Crippen LogP contribution in [0.3, 0.4) is 0 Å². The van der Waals surface area contributed by atoms with Gasteiger partial charge in [0.15, 0.2) is 5.65 Å². The first-order valence-corrected chi connectivity index (χ1v) is 12.7. The first-order valence-electron chi connectivity index (χ1n) is 9.87. The molecule has 0 aliphatic rings. The Kier molecular flexibility index (Phi) is 4.63. The summed E-state index contributed by atoms with van der Waals surface area (Å²) in [6.45, 7) is 5.54. The van der Waals surface area contributed by atoms with Crippen molar-refractivity contribution in [3.05, 3.63) is 60.7 Å². The van der Waals surface area contributed by atoms with Gasteiger partial charge in [-0.05, 0) is 44.0 Å². The lowest BCUT2D eigenvalue weighted by Gasteiger charge is -2.13. The smallest absolute Gasteiger partial charge is 0.221 e. The zero-order chi connectivity index (χ0) is 21.6. The number of rotatable bonds is 5. The van der Waals surface area contributed by atoms with E-state index >= 15 is 0 Å². The standard InChI is InChI=1S/C21H21N8OP/c1-14(15-6-7-18-16(9-15)5-4-8-22-18)29-21-20(26-27-29)23-11-19(25-21)17-10-24-28(12-17)13-31(2,3)30/h4-12,14H,13H2,1-3H3. The van der Waals surface area contributed by atoms with Crippen LogP contribution in [0.15, 0.2) is 55.1 Å². The normalized spacial score (nSPS) is 13.1. The molecule has 10 heteroatoms. The summed E-state index contributed by atoms with van der Waals surface area (Å²) in [6, 6.07) is 10.0. The molecular weight excluding hydrogens is 411 g/mol. The Morgan fingerprint density at radius 3 is 2.84 bits per heavy atom. The van der Waals surface area contributed by atoms with Gasteiger partial charge in [-0.25, -0.2) is 14.6 Å². The highest BCUT2D eigenvalue weighted by molar-refractivity contribution is 7.61. The fourth-order valence-electron chi connectivity index (χ4n) is 3.55. The number of hydrogen-bond acceptors (Lipinski definition) is 7. The van der Waals surface area contributed by atoms with E-state index in [2.05, 4.69) is 38.4 Å². The Labute approximate surface area is 178 Å². The van der Waals surface area contributed by atoms with Crippen molar-refractivity contribution in [3.8, 4) is 11.3 Å². The minimum Gasteiger partial charge on any atom is -0.322 e. The second kappa shape index (κ2) is 7.35. The second-order valence-electron chi connectivity index (χ2n) is 8.05. The molecular formula is C21H21N8OP. The summed E-state index contributed by atoms with van der Waals surface area (Å²) in [4.78, 5) is 13.6. The molecule has 0 amide bonds. The lowest BCUT2D eigenvalue weighted by molar-refractivity contribution is 0.556. The molecule has 9 nitrogen and oxygen atoms in total. The predicted octanol–water partition coefficient (Wildman–Crippen LogP) is 3.82. The van der Waals surface area contributed by atoms with Gasteiger partial charge >= 0.3 is 0 Å². The van der Waals surface area contributed by atoms with Gasteiger partial charge in [-0.2, -0.15) is 5.10 Å². The van der Waals surface area contributed by atoms with Crippen molar-refractivity contribution in [3.63, 3.8) is 0 Å². The van der Waals surface area contributed by atoms with Gasteiger partial charge in [0.05, 0.1) is 35.9 Å². The van der Waals surface area contributed by atoms with E-state index in [1.54, 1.807) is 41.3 Å². The molecule has 1 aromatic carbocycles. The van der Waals surface area contributed by atoms with Gasteiger partial charge in [0.25, 0.3) is 0 Å². The fraction of sp³-hybridized carbons (Fsp3) is 0.238. The highest BCUT2D eigenvalue weighted by Crippen LogP contribution is 2.37. The van der Waals surface area contributed by atoms with Crippen LogP contribution < -0.4 is 0 Å². The van der Waals surface area contributed by atoms with Gasteiger partial charge in [-0.15, -0.1) is 5.10 Å². The van der Waals surface area contributed by atoms with Crippen molar-refractivity contribution in [1.29, 1.82) is 0 Å². The summed E-state index contributed by atoms with van der Waals surface area (Å²) >= 11 is 0. The first kappa shape index (κ1) is 19.5. The Bertz CT molecular complexity index is 1450. The van der Waals surface area contributed by atoms with Crippen LogP contribution in [0, 0.1) is 0 Å². The van der Waals surface area contributed by atoms with Crippen LogP contribution in [-0.2, 0) is 10.9 Å². The van der Waals surface area contributed by atoms with E-state index in [4.69, 9.17) is 4.98 Å². The molecule has 5 rings (SSSR count). The average Bonchev–Trinajstić information content (AvgIpc) is 3.38. The molecule has 0 spiro atoms. The Hall–Kier alpha value is -3.45. The number of fused-ring (bicyclic) bond motifs is 2. The van der Waals surface area contributed by atoms with E-state index in [0.717, 1.165) is 22.0 Å². The molecule has 1 atom stereocenters. The monoisotopic (exact) mass is 432 g/mol. The molecule has 5 aromatic rings. The summed E-state index contributed by atoms with van der Waals surface area (Å²) < 4.78 is 15.6. The van der Waals surface area contributed by atoms with E-state index in [1.807, 2.05) is 30.5 Å². The van der Waals surface area contributed by atoms with Crippen LogP contribution in [0.2, 0.25) is 0 Å². The van der Waals surface area contributed by atoms with E-state index < -0.39 is 7.14 Å². The zero-order valence-electron chi connectivity index (χ0n) is 17.4. The molecule has 4 heterocycles. The zero-order valence-corrected chi connectivity index (χ0v) is 18.3. The fourth-order valence-corrected chi connectivity index (χ4v) is 4.40. The van der Waals surface area contributed by atoms with Crippen molar-refractivity contribution in [1.82, 2.24) is 39.7 Å². The summed E-state index contributed by atoms with van der Waals surface area (Å²) in [5.41, 5.74) is 4.58. The number of pyridine rings is 1. The number of nitrogens with zero attached hydrogens (tertiary/aromatic N) is 8. The second-order valence-corrected chi connectivity index (χ2v) is 11.5. The van der Waals surface area contributed by atoms with E-state index in [9.17, 15) is 4.57 Å². The van der Waals surface area contributed by atoms with Crippen LogP contribution in [0.1, 0.15) is 18.5 Å². The third kappa shape index (κ3) is 3.84. The molecule has 4 aromatic heterocycles. The lowest BCUT2D eigenvalue weighted by Crippen LogP contribution is -2.09. The van der Waals surface area contributed by atoms with E-state index in [1.165, 1.54) is 0 Å². The quantitative estimate of drug-likeness (QED) is 0.389. The van der Waals surface area contributed by atoms with Gasteiger partial charge in [0.1, 0.15) is 7.14 Å². The van der Waals surface area contributed by atoms with Gasteiger partial charge in [-0.1, -0.05) is 17.3 Å². The summed E-state index contributed by atoms with van der Waals surface area (Å²) in [7, 11) is -2.23. The Morgan fingerprint density at radius 1 is 1.13 bits per heavy atom. The average molecular weight is 432 g/mol. The van der Waals surface area contributed by atoms with Crippen molar-refractivity contribution in [2.24, 2.45) is 0 Å². The molecule has 0 saturated carbocycles. The maximum atomic E-state index is 12.1. The molecule has 31 heavy (non-hydrogen) atoms. The van der Waals surface area contributed by atoms with Crippen molar-refractivity contribution < 1.29 is 4.57 Å². The van der Waals surface area contributed by atoms with Crippen LogP contribution in [0.25, 0.3) is 33.5 Å². The number of benzene rings is 1. The third-order valence-electron chi connectivity index (χ3n) is 5.08. The van der Waals surface area contributed by atoms with Crippen molar-refractivity contribution in [2.75, 3.05) is 13.3 Å². The SMILES string of the molecule is CC(c1ccc2ncccc2c1)n1nnc2ncc(-c3cnn(CP(C)(C)=O)c3)nc21. The molecule has 0 fully saturated rings. The molecule has 0 aliphatic heterocycles. The molecule has 156 valence electrons. The van der Waals surface area contributed by atoms with Crippen LogP contribution in [0.4, 0.5) is 0 Å². The Balaban J connectivity index is 1.52. The lowest BCUT2D eigenvalue weighted by atomic mass is 10.1. The van der Waals surface area contributed by atoms with Gasteiger partial charge in [0, 0.05) is 23.3 Å². The largest absolute Gasteiger partial charge is 0.322 e. The summed E-state index contributed by atoms with van der Waals surface area (Å²) in [6.07, 6.45) is 7.38. The first-order chi connectivity index (χ1) is 14.9. The van der Waals surface area contributed by atoms with Gasteiger partial charge in [0.2, 0.25) is 5.65 Å². The topological polar surface area (TPSA) is 104 Å². The highest BCUT2D eigenvalue weighted by Gasteiger charge is 2.18. The number of hydrogen-bond donors (Lipinski definition) is 0. The minimum atomic E-state index is -2.23. The third-order valence-corrected chi connectivity index (χ3v) is 6.05. The molecule has 1 unspecified atom stereocenters. The molecule has 0 bridgehead atoms. The summed E-state index contributed by atoms with van der Waals surface area (Å²) in [5.74, 6) is 0. The van der Waals surface area contributed by atoms with E-state index in [0.29, 0.717) is 23.3 Å². The maximum Gasteiger partial charge on any atom is 0.221 e. The van der Waals surface area contributed by atoms with Crippen LogP contribution in [-0.4, -0.2) is 53.1 Å². The molecule has 0 radical (unpaired) electrons.